The molecule has 0 spiro atoms. The first-order valence-electron chi connectivity index (χ1n) is 4.51. The van der Waals surface area contributed by atoms with E-state index in [1.165, 1.54) is 11.3 Å². The molecule has 80 valence electrons. The van der Waals surface area contributed by atoms with Gasteiger partial charge in [-0.1, -0.05) is 18.3 Å². The van der Waals surface area contributed by atoms with E-state index in [2.05, 4.69) is 22.4 Å². The first-order chi connectivity index (χ1) is 6.86. The van der Waals surface area contributed by atoms with E-state index in [-0.39, 0.29) is 0 Å². The Bertz CT molecular complexity index is 254. The summed E-state index contributed by atoms with van der Waals surface area (Å²) in [4.78, 5) is 0. The molecule has 0 aliphatic rings. The molecule has 0 aliphatic heterocycles. The van der Waals surface area contributed by atoms with E-state index in [1.54, 1.807) is 7.11 Å². The van der Waals surface area contributed by atoms with Crippen LogP contribution in [-0.2, 0) is 11.3 Å². The van der Waals surface area contributed by atoms with Crippen molar-refractivity contribution in [2.75, 3.05) is 26.9 Å². The Morgan fingerprint density at radius 1 is 1.36 bits per heavy atom. The summed E-state index contributed by atoms with van der Waals surface area (Å²) in [6.45, 7) is 4.83. The summed E-state index contributed by atoms with van der Waals surface area (Å²) in [5.74, 6) is 0. The average molecular weight is 217 g/mol. The molecule has 0 saturated heterocycles. The Balaban J connectivity index is 2.27. The monoisotopic (exact) mass is 217 g/mol. The highest BCUT2D eigenvalue weighted by atomic mass is 32.1. The van der Waals surface area contributed by atoms with Crippen molar-refractivity contribution >= 4 is 11.3 Å². The van der Waals surface area contributed by atoms with Gasteiger partial charge in [-0.2, -0.15) is 0 Å². The second-order valence-electron chi connectivity index (χ2n) is 2.58. The fraction of sp³-hybridized carbons (Fsp3) is 0.750. The molecule has 0 radical (unpaired) electrons. The zero-order chi connectivity index (χ0) is 10.2. The highest BCUT2D eigenvalue weighted by Gasteiger charge is 2.03. The first-order valence-corrected chi connectivity index (χ1v) is 5.33. The molecule has 5 nitrogen and oxygen atoms in total. The summed E-state index contributed by atoms with van der Waals surface area (Å²) < 4.78 is 10.2. The lowest BCUT2D eigenvalue weighted by atomic mass is 10.6. The third-order valence-electron chi connectivity index (χ3n) is 1.49. The van der Waals surface area contributed by atoms with E-state index in [9.17, 15) is 0 Å². The third kappa shape index (κ3) is 3.99. The summed E-state index contributed by atoms with van der Waals surface area (Å²) in [5.41, 5.74) is 0. The molecule has 1 rings (SSSR count). The van der Waals surface area contributed by atoms with Crippen LogP contribution in [0.4, 0.5) is 0 Å². The number of methoxy groups -OCH3 is 1. The zero-order valence-corrected chi connectivity index (χ0v) is 9.26. The van der Waals surface area contributed by atoms with E-state index in [1.807, 2.05) is 0 Å². The van der Waals surface area contributed by atoms with Crippen LogP contribution < -0.4 is 10.1 Å². The van der Waals surface area contributed by atoms with Crippen LogP contribution >= 0.6 is 11.3 Å². The van der Waals surface area contributed by atoms with Crippen molar-refractivity contribution in [2.24, 2.45) is 0 Å². The SMILES string of the molecule is CCNCc1nnc(OCCOC)s1. The molecule has 6 heteroatoms. The number of rotatable bonds is 7. The molecule has 1 heterocycles. The van der Waals surface area contributed by atoms with Crippen molar-refractivity contribution in [1.82, 2.24) is 15.5 Å². The summed E-state index contributed by atoms with van der Waals surface area (Å²) in [5, 5.41) is 12.6. The van der Waals surface area contributed by atoms with Crippen LogP contribution in [-0.4, -0.2) is 37.1 Å². The molecule has 1 N–H and O–H groups in total. The normalized spacial score (nSPS) is 10.4. The molecular weight excluding hydrogens is 202 g/mol. The molecule has 0 saturated carbocycles. The number of nitrogens with one attached hydrogen (secondary N) is 1. The molecule has 0 bridgehead atoms. The van der Waals surface area contributed by atoms with E-state index in [4.69, 9.17) is 9.47 Å². The van der Waals surface area contributed by atoms with Gasteiger partial charge in [0.15, 0.2) is 0 Å². The van der Waals surface area contributed by atoms with Crippen molar-refractivity contribution in [3.63, 3.8) is 0 Å². The maximum atomic E-state index is 5.30. The Kier molecular flexibility index (Phi) is 5.43. The van der Waals surface area contributed by atoms with Crippen LogP contribution in [0.5, 0.6) is 5.19 Å². The molecule has 0 fully saturated rings. The fourth-order valence-corrected chi connectivity index (χ4v) is 1.49. The molecule has 0 aromatic carbocycles. The predicted octanol–water partition coefficient (Wildman–Crippen LogP) is 0.673. The van der Waals surface area contributed by atoms with Gasteiger partial charge in [-0.05, 0) is 6.54 Å². The van der Waals surface area contributed by atoms with Gasteiger partial charge in [-0.15, -0.1) is 10.2 Å². The molecule has 1 aromatic rings. The summed E-state index contributed by atoms with van der Waals surface area (Å²) in [6.07, 6.45) is 0. The number of nitrogens with zero attached hydrogens (tertiary/aromatic N) is 2. The maximum absolute atomic E-state index is 5.30. The highest BCUT2D eigenvalue weighted by molar-refractivity contribution is 7.13. The van der Waals surface area contributed by atoms with Gasteiger partial charge >= 0.3 is 0 Å². The lowest BCUT2D eigenvalue weighted by molar-refractivity contribution is 0.145. The number of hydrogen-bond donors (Lipinski definition) is 1. The maximum Gasteiger partial charge on any atom is 0.294 e. The quantitative estimate of drug-likeness (QED) is 0.680. The summed E-state index contributed by atoms with van der Waals surface area (Å²) in [7, 11) is 1.64. The Morgan fingerprint density at radius 3 is 2.93 bits per heavy atom. The Morgan fingerprint density at radius 2 is 2.21 bits per heavy atom. The summed E-state index contributed by atoms with van der Waals surface area (Å²) in [6, 6.07) is 0. The Labute approximate surface area is 87.4 Å². The molecule has 1 aromatic heterocycles. The fourth-order valence-electron chi connectivity index (χ4n) is 0.812. The van der Waals surface area contributed by atoms with Gasteiger partial charge in [-0.25, -0.2) is 0 Å². The minimum absolute atomic E-state index is 0.520. The van der Waals surface area contributed by atoms with Gasteiger partial charge < -0.3 is 14.8 Å². The van der Waals surface area contributed by atoms with Gasteiger partial charge in [0, 0.05) is 13.7 Å². The number of hydrogen-bond acceptors (Lipinski definition) is 6. The first kappa shape index (κ1) is 11.4. The molecular formula is C8H15N3O2S. The molecule has 0 atom stereocenters. The van der Waals surface area contributed by atoms with Crippen molar-refractivity contribution in [2.45, 2.75) is 13.5 Å². The van der Waals surface area contributed by atoms with Gasteiger partial charge in [0.05, 0.1) is 6.61 Å². The van der Waals surface area contributed by atoms with E-state index in [0.717, 1.165) is 18.1 Å². The van der Waals surface area contributed by atoms with Crippen molar-refractivity contribution in [3.05, 3.63) is 5.01 Å². The second-order valence-corrected chi connectivity index (χ2v) is 3.61. The smallest absolute Gasteiger partial charge is 0.294 e. The minimum Gasteiger partial charge on any atom is -0.466 e. The van der Waals surface area contributed by atoms with Gasteiger partial charge in [0.2, 0.25) is 0 Å². The number of aromatic nitrogens is 2. The predicted molar refractivity (Wildman–Crippen MR) is 54.7 cm³/mol. The Hall–Kier alpha value is -0.720. The van der Waals surface area contributed by atoms with E-state index >= 15 is 0 Å². The van der Waals surface area contributed by atoms with Crippen LogP contribution in [0.1, 0.15) is 11.9 Å². The molecule has 14 heavy (non-hydrogen) atoms. The van der Waals surface area contributed by atoms with Crippen molar-refractivity contribution < 1.29 is 9.47 Å². The highest BCUT2D eigenvalue weighted by Crippen LogP contribution is 2.17. The van der Waals surface area contributed by atoms with Gasteiger partial charge in [0.1, 0.15) is 11.6 Å². The molecule has 0 unspecified atom stereocenters. The van der Waals surface area contributed by atoms with Crippen LogP contribution in [0.25, 0.3) is 0 Å². The lowest BCUT2D eigenvalue weighted by Gasteiger charge is -1.98. The van der Waals surface area contributed by atoms with Crippen molar-refractivity contribution in [3.8, 4) is 5.19 Å². The van der Waals surface area contributed by atoms with Crippen LogP contribution in [0.15, 0.2) is 0 Å². The van der Waals surface area contributed by atoms with Crippen LogP contribution in [0.2, 0.25) is 0 Å². The van der Waals surface area contributed by atoms with Gasteiger partial charge in [-0.3, -0.25) is 0 Å². The topological polar surface area (TPSA) is 56.3 Å². The average Bonchev–Trinajstić information content (AvgIpc) is 2.63. The van der Waals surface area contributed by atoms with E-state index < -0.39 is 0 Å². The minimum atomic E-state index is 0.520. The van der Waals surface area contributed by atoms with Crippen LogP contribution in [0, 0.1) is 0 Å². The summed E-state index contributed by atoms with van der Waals surface area (Å²) >= 11 is 1.46. The second kappa shape index (κ2) is 6.69. The lowest BCUT2D eigenvalue weighted by Crippen LogP contribution is -2.11. The van der Waals surface area contributed by atoms with Gasteiger partial charge in [0.25, 0.3) is 5.19 Å². The van der Waals surface area contributed by atoms with E-state index in [0.29, 0.717) is 18.4 Å². The largest absolute Gasteiger partial charge is 0.466 e. The standard InChI is InChI=1S/C8H15N3O2S/c1-3-9-6-7-10-11-8(14-7)13-5-4-12-2/h9H,3-6H2,1-2H3. The zero-order valence-electron chi connectivity index (χ0n) is 8.45. The van der Waals surface area contributed by atoms with Crippen LogP contribution in [0.3, 0.4) is 0 Å². The number of ether oxygens (including phenoxy) is 2. The van der Waals surface area contributed by atoms with Crippen molar-refractivity contribution in [1.29, 1.82) is 0 Å². The molecule has 0 aliphatic carbocycles. The molecule has 0 amide bonds. The third-order valence-corrected chi connectivity index (χ3v) is 2.32.